The first-order chi connectivity index (χ1) is 16.2. The van der Waals surface area contributed by atoms with Crippen molar-refractivity contribution in [2.45, 2.75) is 6.18 Å². The molecule has 10 heteroatoms. The van der Waals surface area contributed by atoms with E-state index in [2.05, 4.69) is 21.3 Å². The molecule has 7 nitrogen and oxygen atoms in total. The first-order valence-electron chi connectivity index (χ1n) is 10.1. The summed E-state index contributed by atoms with van der Waals surface area (Å²) in [5, 5.41) is 10.5. The number of hydrogen-bond acceptors (Lipinski definition) is 4. The molecule has 0 saturated heterocycles. The molecule has 0 saturated carbocycles. The van der Waals surface area contributed by atoms with Gasteiger partial charge in [-0.3, -0.25) is 14.4 Å². The zero-order valence-corrected chi connectivity index (χ0v) is 18.0. The van der Waals surface area contributed by atoms with Crippen molar-refractivity contribution in [3.63, 3.8) is 0 Å². The predicted molar refractivity (Wildman–Crippen MR) is 123 cm³/mol. The first-order valence-corrected chi connectivity index (χ1v) is 10.1. The van der Waals surface area contributed by atoms with Crippen molar-refractivity contribution in [3.8, 4) is 0 Å². The van der Waals surface area contributed by atoms with Gasteiger partial charge in [0.1, 0.15) is 0 Å². The lowest BCUT2D eigenvalue weighted by atomic mass is 10.1. The lowest BCUT2D eigenvalue weighted by Gasteiger charge is -2.11. The summed E-state index contributed by atoms with van der Waals surface area (Å²) in [5.74, 6) is -1.19. The van der Waals surface area contributed by atoms with E-state index in [9.17, 15) is 27.6 Å². The van der Waals surface area contributed by atoms with Crippen LogP contribution in [0, 0.1) is 0 Å². The number of benzene rings is 3. The SMILES string of the molecule is CNC(=O)c1ccc(NC(=O)CNc2cccc(C(=O)Nc3cccc(C(F)(F)F)c3)c2)cc1. The molecular formula is C24H21F3N4O3. The van der Waals surface area contributed by atoms with Crippen molar-refractivity contribution in [1.29, 1.82) is 0 Å². The molecule has 3 aromatic carbocycles. The van der Waals surface area contributed by atoms with E-state index in [1.54, 1.807) is 36.4 Å². The number of carbonyl (C=O) groups is 3. The summed E-state index contributed by atoms with van der Waals surface area (Å²) in [5.41, 5.74) is 0.789. The van der Waals surface area contributed by atoms with Crippen LogP contribution in [-0.2, 0) is 11.0 Å². The van der Waals surface area contributed by atoms with Gasteiger partial charge in [0.25, 0.3) is 11.8 Å². The van der Waals surface area contributed by atoms with Crippen LogP contribution in [0.5, 0.6) is 0 Å². The fourth-order valence-corrected chi connectivity index (χ4v) is 2.98. The van der Waals surface area contributed by atoms with Gasteiger partial charge >= 0.3 is 6.18 Å². The zero-order valence-electron chi connectivity index (χ0n) is 18.0. The van der Waals surface area contributed by atoms with Crippen LogP contribution in [0.2, 0.25) is 0 Å². The maximum Gasteiger partial charge on any atom is 0.416 e. The van der Waals surface area contributed by atoms with E-state index >= 15 is 0 Å². The normalized spacial score (nSPS) is 10.8. The highest BCUT2D eigenvalue weighted by atomic mass is 19.4. The third kappa shape index (κ3) is 6.58. The molecule has 0 aliphatic rings. The number of anilines is 3. The van der Waals surface area contributed by atoms with Crippen molar-refractivity contribution in [1.82, 2.24) is 5.32 Å². The average Bonchev–Trinajstić information content (AvgIpc) is 2.82. The summed E-state index contributed by atoms with van der Waals surface area (Å²) in [6, 6.07) is 16.9. The van der Waals surface area contributed by atoms with Gasteiger partial charge in [0.05, 0.1) is 12.1 Å². The van der Waals surface area contributed by atoms with Gasteiger partial charge in [-0.05, 0) is 60.7 Å². The zero-order chi connectivity index (χ0) is 24.7. The van der Waals surface area contributed by atoms with Gasteiger partial charge in [-0.1, -0.05) is 12.1 Å². The van der Waals surface area contributed by atoms with Crippen LogP contribution in [-0.4, -0.2) is 31.3 Å². The minimum Gasteiger partial charge on any atom is -0.376 e. The highest BCUT2D eigenvalue weighted by Gasteiger charge is 2.30. The van der Waals surface area contributed by atoms with E-state index in [4.69, 9.17) is 0 Å². The first kappa shape index (κ1) is 24.3. The standard InChI is InChI=1S/C24H21F3N4O3/c1-28-22(33)15-8-10-18(11-9-15)30-21(32)14-29-19-6-2-4-16(12-19)23(34)31-20-7-3-5-17(13-20)24(25,26)27/h2-13,29H,14H2,1H3,(H,28,33)(H,30,32)(H,31,34). The van der Waals surface area contributed by atoms with E-state index in [-0.39, 0.29) is 29.6 Å². The van der Waals surface area contributed by atoms with Gasteiger partial charge in [0.15, 0.2) is 0 Å². The van der Waals surface area contributed by atoms with Crippen molar-refractivity contribution < 1.29 is 27.6 Å². The lowest BCUT2D eigenvalue weighted by Crippen LogP contribution is -2.22. The molecule has 0 unspecified atom stereocenters. The fraction of sp³-hybridized carbons (Fsp3) is 0.125. The minimum absolute atomic E-state index is 0.0139. The number of nitrogens with one attached hydrogen (secondary N) is 4. The molecule has 176 valence electrons. The quantitative estimate of drug-likeness (QED) is 0.412. The number of halogens is 3. The molecule has 0 spiro atoms. The topological polar surface area (TPSA) is 99.3 Å². The molecular weight excluding hydrogens is 449 g/mol. The molecule has 3 rings (SSSR count). The van der Waals surface area contributed by atoms with E-state index in [0.717, 1.165) is 12.1 Å². The second kappa shape index (κ2) is 10.5. The van der Waals surface area contributed by atoms with Gasteiger partial charge < -0.3 is 21.3 Å². The van der Waals surface area contributed by atoms with Crippen LogP contribution in [0.4, 0.5) is 30.2 Å². The molecule has 0 bridgehead atoms. The Kier molecular flexibility index (Phi) is 7.52. The van der Waals surface area contributed by atoms with E-state index < -0.39 is 17.6 Å². The Hall–Kier alpha value is -4.34. The maximum atomic E-state index is 12.9. The summed E-state index contributed by atoms with van der Waals surface area (Å²) < 4.78 is 38.6. The molecule has 0 atom stereocenters. The summed E-state index contributed by atoms with van der Waals surface area (Å²) in [7, 11) is 1.52. The Balaban J connectivity index is 1.57. The van der Waals surface area contributed by atoms with E-state index in [0.29, 0.717) is 16.9 Å². The highest BCUT2D eigenvalue weighted by Crippen LogP contribution is 2.30. The Morgan fingerprint density at radius 2 is 1.41 bits per heavy atom. The lowest BCUT2D eigenvalue weighted by molar-refractivity contribution is -0.137. The van der Waals surface area contributed by atoms with Crippen LogP contribution >= 0.6 is 0 Å². The third-order valence-electron chi connectivity index (χ3n) is 4.68. The molecule has 34 heavy (non-hydrogen) atoms. The van der Waals surface area contributed by atoms with E-state index in [1.165, 1.54) is 31.3 Å². The third-order valence-corrected chi connectivity index (χ3v) is 4.68. The summed E-state index contributed by atoms with van der Waals surface area (Å²) >= 11 is 0. The average molecular weight is 470 g/mol. The Bertz CT molecular complexity index is 1190. The Morgan fingerprint density at radius 1 is 0.735 bits per heavy atom. The molecule has 4 N–H and O–H groups in total. The molecule has 0 heterocycles. The molecule has 0 aliphatic carbocycles. The summed E-state index contributed by atoms with van der Waals surface area (Å²) in [6.45, 7) is -0.101. The van der Waals surface area contributed by atoms with Gasteiger partial charge in [-0.15, -0.1) is 0 Å². The summed E-state index contributed by atoms with van der Waals surface area (Å²) in [6.07, 6.45) is -4.52. The van der Waals surface area contributed by atoms with E-state index in [1.807, 2.05) is 0 Å². The second-order valence-corrected chi connectivity index (χ2v) is 7.17. The van der Waals surface area contributed by atoms with Crippen LogP contribution < -0.4 is 21.3 Å². The van der Waals surface area contributed by atoms with Gasteiger partial charge in [0.2, 0.25) is 5.91 Å². The Morgan fingerprint density at radius 3 is 2.09 bits per heavy atom. The molecule has 0 aromatic heterocycles. The van der Waals surface area contributed by atoms with Crippen molar-refractivity contribution in [2.75, 3.05) is 29.5 Å². The van der Waals surface area contributed by atoms with Gasteiger partial charge in [-0.25, -0.2) is 0 Å². The summed E-state index contributed by atoms with van der Waals surface area (Å²) in [4.78, 5) is 36.2. The smallest absolute Gasteiger partial charge is 0.376 e. The van der Waals surface area contributed by atoms with Gasteiger partial charge in [-0.2, -0.15) is 13.2 Å². The Labute approximate surface area is 193 Å². The number of amides is 3. The maximum absolute atomic E-state index is 12.9. The molecule has 3 amide bonds. The predicted octanol–water partition coefficient (Wildman–Crippen LogP) is 4.37. The minimum atomic E-state index is -4.52. The molecule has 0 aliphatic heterocycles. The monoisotopic (exact) mass is 470 g/mol. The van der Waals surface area contributed by atoms with Crippen molar-refractivity contribution in [3.05, 3.63) is 89.5 Å². The second-order valence-electron chi connectivity index (χ2n) is 7.17. The van der Waals surface area contributed by atoms with Crippen LogP contribution in [0.15, 0.2) is 72.8 Å². The highest BCUT2D eigenvalue weighted by molar-refractivity contribution is 6.05. The fourth-order valence-electron chi connectivity index (χ4n) is 2.98. The molecule has 0 radical (unpaired) electrons. The van der Waals surface area contributed by atoms with Crippen molar-refractivity contribution >= 4 is 34.8 Å². The molecule has 3 aromatic rings. The molecule has 0 fully saturated rings. The number of carbonyl (C=O) groups excluding carboxylic acids is 3. The number of alkyl halides is 3. The van der Waals surface area contributed by atoms with Gasteiger partial charge in [0, 0.05) is 35.2 Å². The number of hydrogen-bond donors (Lipinski definition) is 4. The number of rotatable bonds is 7. The van der Waals surface area contributed by atoms with Crippen LogP contribution in [0.3, 0.4) is 0 Å². The largest absolute Gasteiger partial charge is 0.416 e. The van der Waals surface area contributed by atoms with Crippen molar-refractivity contribution in [2.24, 2.45) is 0 Å². The van der Waals surface area contributed by atoms with Crippen LogP contribution in [0.1, 0.15) is 26.3 Å². The van der Waals surface area contributed by atoms with Crippen LogP contribution in [0.25, 0.3) is 0 Å².